The highest BCUT2D eigenvalue weighted by Crippen LogP contribution is 2.29. The molecule has 12 heteroatoms. The smallest absolute Gasteiger partial charge is 0.355 e. The molecule has 0 atom stereocenters. The first kappa shape index (κ1) is 22.5. The molecule has 1 N–H and O–H groups in total. The maximum absolute atomic E-state index is 12.7. The van der Waals surface area contributed by atoms with Gasteiger partial charge in [-0.3, -0.25) is 4.79 Å². The number of hydrogen-bond acceptors (Lipinski definition) is 6. The van der Waals surface area contributed by atoms with Crippen molar-refractivity contribution in [3.8, 4) is 0 Å². The highest BCUT2D eigenvalue weighted by Gasteiger charge is 2.31. The van der Waals surface area contributed by atoms with Gasteiger partial charge in [0.05, 0.1) is 5.56 Å². The van der Waals surface area contributed by atoms with E-state index in [1.54, 1.807) is 16.3 Å². The molecular formula is C18H21F3N4O3S2. The molecule has 0 bridgehead atoms. The molecule has 0 saturated carbocycles. The van der Waals surface area contributed by atoms with E-state index >= 15 is 0 Å². The molecule has 0 radical (unpaired) electrons. The largest absolute Gasteiger partial charge is 0.417 e. The van der Waals surface area contributed by atoms with E-state index < -0.39 is 21.8 Å². The van der Waals surface area contributed by atoms with Crippen LogP contribution in [0.15, 0.2) is 40.1 Å². The summed E-state index contributed by atoms with van der Waals surface area (Å²) >= 11 is 1.10. The number of sulfonamides is 1. The molecule has 3 rings (SSSR count). The van der Waals surface area contributed by atoms with Crippen LogP contribution in [-0.4, -0.2) is 56.9 Å². The fourth-order valence-corrected chi connectivity index (χ4v) is 5.14. The quantitative estimate of drug-likeness (QED) is 0.714. The molecule has 164 valence electrons. The number of anilines is 1. The monoisotopic (exact) mass is 462 g/mol. The maximum Gasteiger partial charge on any atom is 0.417 e. The molecular weight excluding hydrogens is 441 g/mol. The molecule has 1 aliphatic rings. The second-order valence-corrected chi connectivity index (χ2v) is 9.65. The molecule has 0 aliphatic carbocycles. The second-order valence-electron chi connectivity index (χ2n) is 6.70. The van der Waals surface area contributed by atoms with Crippen LogP contribution in [0.2, 0.25) is 0 Å². The summed E-state index contributed by atoms with van der Waals surface area (Å²) in [6, 6.07) is 5.46. The average Bonchev–Trinajstić information content (AvgIpc) is 3.13. The van der Waals surface area contributed by atoms with Gasteiger partial charge < -0.3 is 9.80 Å². The summed E-state index contributed by atoms with van der Waals surface area (Å²) in [5, 5.41) is 1.66. The summed E-state index contributed by atoms with van der Waals surface area (Å²) in [4.78, 5) is 19.8. The van der Waals surface area contributed by atoms with Crippen molar-refractivity contribution >= 4 is 33.1 Å². The van der Waals surface area contributed by atoms with Gasteiger partial charge in [0.2, 0.25) is 15.9 Å². The Balaban J connectivity index is 1.50. The predicted octanol–water partition coefficient (Wildman–Crippen LogP) is 2.57. The van der Waals surface area contributed by atoms with Crippen LogP contribution in [-0.2, 0) is 21.0 Å². The first-order valence-corrected chi connectivity index (χ1v) is 11.6. The third-order valence-corrected chi connectivity index (χ3v) is 7.50. The lowest BCUT2D eigenvalue weighted by atomic mass is 10.2. The number of thiophene rings is 1. The Kier molecular flexibility index (Phi) is 6.98. The number of hydrogen-bond donors (Lipinski definition) is 1. The van der Waals surface area contributed by atoms with Gasteiger partial charge in [0.15, 0.2) is 0 Å². The van der Waals surface area contributed by atoms with Crippen LogP contribution in [0.1, 0.15) is 18.4 Å². The Morgan fingerprint density at radius 3 is 2.60 bits per heavy atom. The Labute approximate surface area is 176 Å². The summed E-state index contributed by atoms with van der Waals surface area (Å²) in [6.07, 6.45) is -2.96. The van der Waals surface area contributed by atoms with Crippen molar-refractivity contribution in [2.24, 2.45) is 0 Å². The van der Waals surface area contributed by atoms with Gasteiger partial charge >= 0.3 is 6.18 Å². The van der Waals surface area contributed by atoms with E-state index in [0.717, 1.165) is 23.6 Å². The van der Waals surface area contributed by atoms with Gasteiger partial charge in [0.1, 0.15) is 10.0 Å². The third kappa shape index (κ3) is 5.70. The van der Waals surface area contributed by atoms with Gasteiger partial charge in [-0.2, -0.15) is 13.2 Å². The molecule has 3 heterocycles. The standard InChI is InChI=1S/C18H21F3N4O3S2/c19-18(20,21)14-4-5-15(22-13-14)24-8-2-9-25(11-10-24)16(26)6-7-23-30(27,28)17-3-1-12-29-17/h1,3-5,12-13,23H,2,6-11H2. The van der Waals surface area contributed by atoms with Gasteiger partial charge in [-0.1, -0.05) is 6.07 Å². The zero-order valence-corrected chi connectivity index (χ0v) is 17.6. The van der Waals surface area contributed by atoms with Crippen molar-refractivity contribution in [1.29, 1.82) is 0 Å². The summed E-state index contributed by atoms with van der Waals surface area (Å²) < 4.78 is 64.8. The van der Waals surface area contributed by atoms with E-state index in [1.807, 2.05) is 4.90 Å². The lowest BCUT2D eigenvalue weighted by Crippen LogP contribution is -2.37. The summed E-state index contributed by atoms with van der Waals surface area (Å²) in [6.45, 7) is 1.88. The molecule has 0 unspecified atom stereocenters. The molecule has 2 aromatic rings. The van der Waals surface area contributed by atoms with Crippen molar-refractivity contribution in [3.05, 3.63) is 41.4 Å². The number of rotatable bonds is 6. The minimum Gasteiger partial charge on any atom is -0.355 e. The fourth-order valence-electron chi connectivity index (χ4n) is 3.07. The van der Waals surface area contributed by atoms with Crippen molar-refractivity contribution < 1.29 is 26.4 Å². The van der Waals surface area contributed by atoms with Gasteiger partial charge in [-0.25, -0.2) is 18.1 Å². The van der Waals surface area contributed by atoms with Crippen LogP contribution in [0.5, 0.6) is 0 Å². The maximum atomic E-state index is 12.7. The number of amides is 1. The molecule has 1 aliphatic heterocycles. The van der Waals surface area contributed by atoms with E-state index in [0.29, 0.717) is 38.4 Å². The number of pyridine rings is 1. The highest BCUT2D eigenvalue weighted by molar-refractivity contribution is 7.91. The van der Waals surface area contributed by atoms with Crippen molar-refractivity contribution in [3.63, 3.8) is 0 Å². The minimum atomic E-state index is -4.43. The zero-order chi connectivity index (χ0) is 21.8. The molecule has 1 fully saturated rings. The van der Waals surface area contributed by atoms with Crippen LogP contribution < -0.4 is 9.62 Å². The molecule has 7 nitrogen and oxygen atoms in total. The molecule has 0 aromatic carbocycles. The first-order chi connectivity index (χ1) is 14.2. The first-order valence-electron chi connectivity index (χ1n) is 9.26. The van der Waals surface area contributed by atoms with Gasteiger partial charge in [0, 0.05) is 45.3 Å². The lowest BCUT2D eigenvalue weighted by Gasteiger charge is -2.23. The summed E-state index contributed by atoms with van der Waals surface area (Å²) in [5.41, 5.74) is -0.803. The normalized spacial score (nSPS) is 15.8. The molecule has 1 amide bonds. The lowest BCUT2D eigenvalue weighted by molar-refractivity contribution is -0.137. The molecule has 2 aromatic heterocycles. The zero-order valence-electron chi connectivity index (χ0n) is 15.9. The van der Waals surface area contributed by atoms with Crippen LogP contribution in [0.3, 0.4) is 0 Å². The SMILES string of the molecule is O=C(CCNS(=O)(=O)c1cccs1)N1CCCN(c2ccc(C(F)(F)F)cn2)CC1. The minimum absolute atomic E-state index is 0.000257. The van der Waals surface area contributed by atoms with E-state index in [1.165, 1.54) is 12.1 Å². The van der Waals surface area contributed by atoms with Crippen LogP contribution in [0.25, 0.3) is 0 Å². The van der Waals surface area contributed by atoms with Crippen LogP contribution in [0, 0.1) is 0 Å². The summed E-state index contributed by atoms with van der Waals surface area (Å²) in [7, 11) is -3.61. The Bertz CT molecular complexity index is 948. The van der Waals surface area contributed by atoms with E-state index in [9.17, 15) is 26.4 Å². The molecule has 1 saturated heterocycles. The number of nitrogens with zero attached hydrogens (tertiary/aromatic N) is 3. The number of halogens is 3. The number of carbonyl (C=O) groups is 1. The van der Waals surface area contributed by atoms with Crippen LogP contribution in [0.4, 0.5) is 19.0 Å². The number of aromatic nitrogens is 1. The van der Waals surface area contributed by atoms with E-state index in [2.05, 4.69) is 9.71 Å². The predicted molar refractivity (Wildman–Crippen MR) is 107 cm³/mol. The average molecular weight is 463 g/mol. The van der Waals surface area contributed by atoms with Crippen molar-refractivity contribution in [1.82, 2.24) is 14.6 Å². The van der Waals surface area contributed by atoms with Gasteiger partial charge in [-0.05, 0) is 30.0 Å². The van der Waals surface area contributed by atoms with E-state index in [-0.39, 0.29) is 23.1 Å². The van der Waals surface area contributed by atoms with Gasteiger partial charge in [-0.15, -0.1) is 11.3 Å². The molecule has 30 heavy (non-hydrogen) atoms. The third-order valence-electron chi connectivity index (χ3n) is 4.64. The number of nitrogens with one attached hydrogen (secondary N) is 1. The van der Waals surface area contributed by atoms with E-state index in [4.69, 9.17) is 0 Å². The fraction of sp³-hybridized carbons (Fsp3) is 0.444. The number of carbonyl (C=O) groups excluding carboxylic acids is 1. The number of alkyl halides is 3. The Morgan fingerprint density at radius 2 is 1.97 bits per heavy atom. The molecule has 0 spiro atoms. The van der Waals surface area contributed by atoms with Crippen molar-refractivity contribution in [2.45, 2.75) is 23.2 Å². The Morgan fingerprint density at radius 1 is 1.17 bits per heavy atom. The van der Waals surface area contributed by atoms with Crippen LogP contribution >= 0.6 is 11.3 Å². The Hall–Kier alpha value is -2.18. The van der Waals surface area contributed by atoms with Crippen molar-refractivity contribution in [2.75, 3.05) is 37.6 Å². The summed E-state index contributed by atoms with van der Waals surface area (Å²) in [5.74, 6) is 0.257. The highest BCUT2D eigenvalue weighted by atomic mass is 32.2. The van der Waals surface area contributed by atoms with Gasteiger partial charge in [0.25, 0.3) is 0 Å². The topological polar surface area (TPSA) is 82.6 Å². The second kappa shape index (κ2) is 9.31.